The highest BCUT2D eigenvalue weighted by Crippen LogP contribution is 2.17. The summed E-state index contributed by atoms with van der Waals surface area (Å²) in [6.45, 7) is 15.7. The zero-order chi connectivity index (χ0) is 12.3. The van der Waals surface area contributed by atoms with E-state index in [1.165, 1.54) is 0 Å². The largest absolute Gasteiger partial charge is 0.433 e. The van der Waals surface area contributed by atoms with Gasteiger partial charge in [-0.3, -0.25) is 0 Å². The van der Waals surface area contributed by atoms with E-state index in [1.807, 2.05) is 0 Å². The van der Waals surface area contributed by atoms with Gasteiger partial charge in [0.2, 0.25) is 0 Å². The Bertz CT molecular complexity index is 229. The number of hydrogen-bond acceptors (Lipinski definition) is 2. The Kier molecular flexibility index (Phi) is 5.20. The Labute approximate surface area is 98.1 Å². The van der Waals surface area contributed by atoms with E-state index < -0.39 is 25.0 Å². The van der Waals surface area contributed by atoms with Gasteiger partial charge in [0.1, 0.15) is 0 Å². The van der Waals surface area contributed by atoms with Gasteiger partial charge in [0, 0.05) is 7.11 Å². The molecule has 0 aliphatic heterocycles. The Hall–Kier alpha value is 0.311. The lowest BCUT2D eigenvalue weighted by Crippen LogP contribution is -2.45. The lowest BCUT2D eigenvalue weighted by Gasteiger charge is -2.30. The molecule has 0 aromatic heterocycles. The van der Waals surface area contributed by atoms with Gasteiger partial charge in [-0.05, 0) is 26.2 Å². The van der Waals surface area contributed by atoms with E-state index in [2.05, 4.69) is 57.2 Å². The molecule has 0 unspecified atom stereocenters. The SMILES string of the molecule is CO[Si](C)(C)O[Si](C)(C)C=C[Si](C)(C)C. The van der Waals surface area contributed by atoms with Gasteiger partial charge in [-0.2, -0.15) is 0 Å². The fourth-order valence-corrected chi connectivity index (χ4v) is 10.4. The van der Waals surface area contributed by atoms with E-state index in [0.717, 1.165) is 0 Å². The molecule has 0 heterocycles. The predicted molar refractivity (Wildman–Crippen MR) is 75.5 cm³/mol. The third-order valence-corrected chi connectivity index (χ3v) is 9.51. The van der Waals surface area contributed by atoms with E-state index >= 15 is 0 Å². The molecule has 0 atom stereocenters. The molecule has 0 saturated carbocycles. The molecule has 0 aliphatic rings. The lowest BCUT2D eigenvalue weighted by atomic mass is 11.2. The molecular formula is C10H26O2Si3. The van der Waals surface area contributed by atoms with Crippen molar-refractivity contribution >= 4 is 25.0 Å². The molecule has 90 valence electrons. The average molecular weight is 263 g/mol. The van der Waals surface area contributed by atoms with Crippen LogP contribution in [-0.2, 0) is 8.54 Å². The fourth-order valence-electron chi connectivity index (χ4n) is 1.16. The first kappa shape index (κ1) is 15.3. The molecule has 0 bridgehead atoms. The molecule has 0 fully saturated rings. The molecule has 0 saturated heterocycles. The summed E-state index contributed by atoms with van der Waals surface area (Å²) in [7, 11) is -2.92. The van der Waals surface area contributed by atoms with E-state index in [-0.39, 0.29) is 0 Å². The molecule has 0 radical (unpaired) electrons. The summed E-state index contributed by atoms with van der Waals surface area (Å²) in [5.41, 5.74) is 4.71. The predicted octanol–water partition coefficient (Wildman–Crippen LogP) is 3.53. The van der Waals surface area contributed by atoms with Crippen LogP contribution in [0.5, 0.6) is 0 Å². The highest BCUT2D eigenvalue weighted by molar-refractivity contribution is 6.88. The van der Waals surface area contributed by atoms with Crippen molar-refractivity contribution in [2.24, 2.45) is 0 Å². The summed E-state index contributed by atoms with van der Waals surface area (Å²) in [6, 6.07) is 0. The van der Waals surface area contributed by atoms with Crippen LogP contribution in [0.3, 0.4) is 0 Å². The molecule has 2 nitrogen and oxygen atoms in total. The number of hydrogen-bond donors (Lipinski definition) is 0. The molecule has 0 N–H and O–H groups in total. The quantitative estimate of drug-likeness (QED) is 0.706. The van der Waals surface area contributed by atoms with Crippen molar-refractivity contribution in [3.8, 4) is 0 Å². The molecular weight excluding hydrogens is 236 g/mol. The van der Waals surface area contributed by atoms with Crippen LogP contribution in [0.15, 0.2) is 11.4 Å². The normalized spacial score (nSPS) is 14.9. The van der Waals surface area contributed by atoms with E-state index in [1.54, 1.807) is 7.11 Å². The highest BCUT2D eigenvalue weighted by atomic mass is 28.4. The summed E-state index contributed by atoms with van der Waals surface area (Å²) >= 11 is 0. The summed E-state index contributed by atoms with van der Waals surface area (Å²) in [5, 5.41) is 0. The van der Waals surface area contributed by atoms with Crippen molar-refractivity contribution in [3.05, 3.63) is 11.4 Å². The maximum Gasteiger partial charge on any atom is 0.321 e. The minimum atomic E-state index is -1.88. The molecule has 5 heteroatoms. The van der Waals surface area contributed by atoms with Crippen molar-refractivity contribution in [1.29, 1.82) is 0 Å². The summed E-state index contributed by atoms with van der Waals surface area (Å²) in [6.07, 6.45) is 0. The van der Waals surface area contributed by atoms with Crippen LogP contribution in [0.2, 0.25) is 45.8 Å². The topological polar surface area (TPSA) is 18.5 Å². The molecule has 0 aliphatic carbocycles. The Morgan fingerprint density at radius 2 is 1.27 bits per heavy atom. The summed E-state index contributed by atoms with van der Waals surface area (Å²) in [4.78, 5) is 0. The molecule has 0 rings (SSSR count). The van der Waals surface area contributed by atoms with E-state index in [4.69, 9.17) is 8.54 Å². The van der Waals surface area contributed by atoms with E-state index in [0.29, 0.717) is 0 Å². The van der Waals surface area contributed by atoms with Gasteiger partial charge in [-0.1, -0.05) is 25.3 Å². The van der Waals surface area contributed by atoms with Crippen LogP contribution in [0.25, 0.3) is 0 Å². The fraction of sp³-hybridized carbons (Fsp3) is 0.800. The highest BCUT2D eigenvalue weighted by Gasteiger charge is 2.32. The first-order valence-corrected chi connectivity index (χ1v) is 14.8. The molecule has 15 heavy (non-hydrogen) atoms. The maximum atomic E-state index is 6.16. The molecule has 0 aromatic rings. The first-order chi connectivity index (χ1) is 6.47. The van der Waals surface area contributed by atoms with Crippen LogP contribution >= 0.6 is 0 Å². The summed E-state index contributed by atoms with van der Waals surface area (Å²) < 4.78 is 11.6. The zero-order valence-corrected chi connectivity index (χ0v) is 14.5. The molecule has 0 amide bonds. The van der Waals surface area contributed by atoms with Gasteiger partial charge in [0.15, 0.2) is 8.32 Å². The smallest absolute Gasteiger partial charge is 0.321 e. The minimum Gasteiger partial charge on any atom is -0.433 e. The van der Waals surface area contributed by atoms with Crippen LogP contribution in [0.1, 0.15) is 0 Å². The van der Waals surface area contributed by atoms with Crippen molar-refractivity contribution in [1.82, 2.24) is 0 Å². The first-order valence-electron chi connectivity index (χ1n) is 5.43. The standard InChI is InChI=1S/C10H26O2Si3/c1-11-15(7,8)12-14(5,6)10-9-13(2,3)4/h9-10H,1-8H3. The Morgan fingerprint density at radius 3 is 1.60 bits per heavy atom. The second kappa shape index (κ2) is 5.09. The minimum absolute atomic E-state index is 1.10. The Balaban J connectivity index is 4.51. The van der Waals surface area contributed by atoms with Crippen molar-refractivity contribution in [3.63, 3.8) is 0 Å². The van der Waals surface area contributed by atoms with Gasteiger partial charge < -0.3 is 8.54 Å². The average Bonchev–Trinajstić information content (AvgIpc) is 1.98. The van der Waals surface area contributed by atoms with Gasteiger partial charge in [-0.25, -0.2) is 0 Å². The monoisotopic (exact) mass is 262 g/mol. The zero-order valence-electron chi connectivity index (χ0n) is 11.5. The van der Waals surface area contributed by atoms with Crippen LogP contribution < -0.4 is 0 Å². The van der Waals surface area contributed by atoms with Crippen LogP contribution in [-0.4, -0.2) is 32.1 Å². The van der Waals surface area contributed by atoms with Gasteiger partial charge in [0.05, 0.1) is 8.07 Å². The van der Waals surface area contributed by atoms with Crippen molar-refractivity contribution in [2.45, 2.75) is 45.8 Å². The maximum absolute atomic E-state index is 6.16. The third kappa shape index (κ3) is 8.15. The molecule has 0 aromatic carbocycles. The lowest BCUT2D eigenvalue weighted by molar-refractivity contribution is 0.313. The van der Waals surface area contributed by atoms with Gasteiger partial charge in [0.25, 0.3) is 0 Å². The second-order valence-corrected chi connectivity index (χ2v) is 18.6. The van der Waals surface area contributed by atoms with Crippen molar-refractivity contribution < 1.29 is 8.54 Å². The van der Waals surface area contributed by atoms with Gasteiger partial charge >= 0.3 is 8.56 Å². The number of rotatable bonds is 5. The van der Waals surface area contributed by atoms with E-state index in [9.17, 15) is 0 Å². The van der Waals surface area contributed by atoms with Crippen LogP contribution in [0, 0.1) is 0 Å². The molecule has 0 spiro atoms. The second-order valence-electron chi connectivity index (χ2n) is 6.01. The summed E-state index contributed by atoms with van der Waals surface area (Å²) in [5.74, 6) is 0. The van der Waals surface area contributed by atoms with Crippen LogP contribution in [0.4, 0.5) is 0 Å². The third-order valence-electron chi connectivity index (χ3n) is 1.99. The van der Waals surface area contributed by atoms with Crippen molar-refractivity contribution in [2.75, 3.05) is 7.11 Å². The van der Waals surface area contributed by atoms with Gasteiger partial charge in [-0.15, -0.1) is 5.70 Å². The Morgan fingerprint density at radius 1 is 0.800 bits per heavy atom.